The standard InChI is InChI=1S/C13H3Cl7N2/c14-5-3-22-13(7(15)4(5)1-2-21)6-8(16)10(18)12(20)11(19)9(6)17/h3H,1H2. The van der Waals surface area contributed by atoms with Crippen LogP contribution < -0.4 is 0 Å². The molecule has 0 atom stereocenters. The van der Waals surface area contributed by atoms with Crippen LogP contribution in [0.5, 0.6) is 0 Å². The minimum Gasteiger partial charge on any atom is -0.253 e. The summed E-state index contributed by atoms with van der Waals surface area (Å²) in [4.78, 5) is 4.12. The van der Waals surface area contributed by atoms with Gasteiger partial charge in [0.05, 0.1) is 53.3 Å². The van der Waals surface area contributed by atoms with E-state index in [0.29, 0.717) is 5.56 Å². The minimum atomic E-state index is -0.00250. The first-order chi connectivity index (χ1) is 10.3. The summed E-state index contributed by atoms with van der Waals surface area (Å²) in [5.74, 6) is 0. The van der Waals surface area contributed by atoms with Crippen molar-refractivity contribution < 1.29 is 0 Å². The van der Waals surface area contributed by atoms with E-state index in [4.69, 9.17) is 86.5 Å². The highest BCUT2D eigenvalue weighted by molar-refractivity contribution is 6.56. The lowest BCUT2D eigenvalue weighted by Crippen LogP contribution is -1.95. The SMILES string of the molecule is N#CCc1c(Cl)cnc(-c2c(Cl)c(Cl)c(Cl)c(Cl)c2Cl)c1Cl. The van der Waals surface area contributed by atoms with Gasteiger partial charge in [0.1, 0.15) is 0 Å². The molecule has 22 heavy (non-hydrogen) atoms. The van der Waals surface area contributed by atoms with Crippen LogP contribution in [0.3, 0.4) is 0 Å². The van der Waals surface area contributed by atoms with Crippen molar-refractivity contribution in [1.82, 2.24) is 4.98 Å². The van der Waals surface area contributed by atoms with E-state index in [1.165, 1.54) is 6.20 Å². The van der Waals surface area contributed by atoms with Crippen LogP contribution in [0.2, 0.25) is 35.2 Å². The monoisotopic (exact) mass is 432 g/mol. The quantitative estimate of drug-likeness (QED) is 0.364. The van der Waals surface area contributed by atoms with Gasteiger partial charge in [-0.3, -0.25) is 4.98 Å². The highest BCUT2D eigenvalue weighted by Gasteiger charge is 2.24. The Bertz CT molecular complexity index is 782. The van der Waals surface area contributed by atoms with Crippen molar-refractivity contribution in [3.05, 3.63) is 46.9 Å². The fraction of sp³-hybridized carbons (Fsp3) is 0.0769. The molecule has 0 saturated carbocycles. The molecule has 1 heterocycles. The first-order valence-corrected chi connectivity index (χ1v) is 8.17. The molecule has 0 aliphatic carbocycles. The van der Waals surface area contributed by atoms with Crippen molar-refractivity contribution in [3.8, 4) is 17.3 Å². The first kappa shape index (κ1) is 18.2. The van der Waals surface area contributed by atoms with Crippen molar-refractivity contribution in [2.45, 2.75) is 6.42 Å². The van der Waals surface area contributed by atoms with E-state index in [1.807, 2.05) is 6.07 Å². The summed E-state index contributed by atoms with van der Waals surface area (Å²) in [7, 11) is 0. The third kappa shape index (κ3) is 3.09. The molecule has 0 radical (unpaired) electrons. The van der Waals surface area contributed by atoms with E-state index in [0.717, 1.165) is 0 Å². The van der Waals surface area contributed by atoms with Crippen molar-refractivity contribution in [2.75, 3.05) is 0 Å². The molecule has 2 rings (SSSR count). The van der Waals surface area contributed by atoms with Crippen LogP contribution in [0.25, 0.3) is 11.3 Å². The molecule has 0 aliphatic heterocycles. The zero-order chi connectivity index (χ0) is 16.6. The minimum absolute atomic E-state index is 0.00250. The molecule has 0 bridgehead atoms. The van der Waals surface area contributed by atoms with Crippen molar-refractivity contribution in [1.29, 1.82) is 5.26 Å². The predicted molar refractivity (Wildman–Crippen MR) is 94.1 cm³/mol. The Morgan fingerprint density at radius 2 is 1.32 bits per heavy atom. The summed E-state index contributed by atoms with van der Waals surface area (Å²) < 4.78 is 0. The van der Waals surface area contributed by atoms with Gasteiger partial charge in [-0.05, 0) is 0 Å². The third-order valence-electron chi connectivity index (χ3n) is 2.77. The first-order valence-electron chi connectivity index (χ1n) is 5.52. The molecule has 2 aromatic rings. The maximum Gasteiger partial charge on any atom is 0.0923 e. The molecular formula is C13H3Cl7N2. The van der Waals surface area contributed by atoms with Gasteiger partial charge in [0.25, 0.3) is 0 Å². The second-order valence-electron chi connectivity index (χ2n) is 4.03. The van der Waals surface area contributed by atoms with Crippen LogP contribution in [0, 0.1) is 11.3 Å². The molecular weight excluding hydrogens is 432 g/mol. The number of halogens is 7. The molecule has 0 aliphatic rings. The summed E-state index contributed by atoms with van der Waals surface area (Å²) in [5.41, 5.74) is 0.848. The normalized spacial score (nSPS) is 10.6. The molecule has 1 aromatic heterocycles. The van der Waals surface area contributed by atoms with E-state index < -0.39 is 0 Å². The Balaban J connectivity index is 2.85. The number of benzene rings is 1. The van der Waals surface area contributed by atoms with Crippen molar-refractivity contribution in [3.63, 3.8) is 0 Å². The maximum absolute atomic E-state index is 8.86. The predicted octanol–water partition coefficient (Wildman–Crippen LogP) is 7.39. The van der Waals surface area contributed by atoms with Crippen LogP contribution in [-0.4, -0.2) is 4.98 Å². The number of rotatable bonds is 2. The zero-order valence-electron chi connectivity index (χ0n) is 10.3. The fourth-order valence-corrected chi connectivity index (χ4v) is 3.62. The Morgan fingerprint density at radius 1 is 0.818 bits per heavy atom. The van der Waals surface area contributed by atoms with Gasteiger partial charge in [-0.25, -0.2) is 0 Å². The number of nitrogens with zero attached hydrogens (tertiary/aromatic N) is 2. The topological polar surface area (TPSA) is 36.7 Å². The Hall–Kier alpha value is -0.110. The van der Waals surface area contributed by atoms with E-state index in [2.05, 4.69) is 4.98 Å². The van der Waals surface area contributed by atoms with E-state index >= 15 is 0 Å². The van der Waals surface area contributed by atoms with Crippen molar-refractivity contribution >= 4 is 81.2 Å². The molecule has 0 saturated heterocycles. The average molecular weight is 435 g/mol. The smallest absolute Gasteiger partial charge is 0.0923 e. The van der Waals surface area contributed by atoms with Crippen LogP contribution in [0.1, 0.15) is 5.56 Å². The molecule has 1 aromatic carbocycles. The Labute approximate surface area is 161 Å². The van der Waals surface area contributed by atoms with Gasteiger partial charge < -0.3 is 0 Å². The van der Waals surface area contributed by atoms with Gasteiger partial charge in [0.2, 0.25) is 0 Å². The summed E-state index contributed by atoms with van der Waals surface area (Å²) >= 11 is 42.7. The molecule has 0 amide bonds. The van der Waals surface area contributed by atoms with E-state index in [9.17, 15) is 0 Å². The second kappa shape index (κ2) is 7.20. The lowest BCUT2D eigenvalue weighted by Gasteiger charge is -2.14. The molecule has 0 unspecified atom stereocenters. The van der Waals surface area contributed by atoms with Crippen LogP contribution in [-0.2, 0) is 6.42 Å². The van der Waals surface area contributed by atoms with Gasteiger partial charge in [-0.2, -0.15) is 5.26 Å². The highest BCUT2D eigenvalue weighted by atomic mass is 35.5. The molecule has 0 fully saturated rings. The zero-order valence-corrected chi connectivity index (χ0v) is 15.6. The number of aromatic nitrogens is 1. The van der Waals surface area contributed by atoms with E-state index in [-0.39, 0.29) is 52.8 Å². The maximum atomic E-state index is 8.86. The van der Waals surface area contributed by atoms with Gasteiger partial charge in [0.15, 0.2) is 0 Å². The summed E-state index contributed by atoms with van der Waals surface area (Å²) in [5, 5.41) is 9.47. The summed E-state index contributed by atoms with van der Waals surface area (Å²) in [6.45, 7) is 0. The van der Waals surface area contributed by atoms with Gasteiger partial charge in [0, 0.05) is 17.3 Å². The molecule has 114 valence electrons. The average Bonchev–Trinajstić information content (AvgIpc) is 2.49. The Kier molecular flexibility index (Phi) is 5.96. The summed E-state index contributed by atoms with van der Waals surface area (Å²) in [6.07, 6.45) is 1.34. The molecule has 0 N–H and O–H groups in total. The lowest BCUT2D eigenvalue weighted by molar-refractivity contribution is 1.21. The van der Waals surface area contributed by atoms with Gasteiger partial charge >= 0.3 is 0 Å². The lowest BCUT2D eigenvalue weighted by atomic mass is 10.1. The number of hydrogen-bond acceptors (Lipinski definition) is 2. The van der Waals surface area contributed by atoms with Crippen LogP contribution in [0.4, 0.5) is 0 Å². The fourth-order valence-electron chi connectivity index (χ4n) is 1.73. The second-order valence-corrected chi connectivity index (χ2v) is 6.70. The van der Waals surface area contributed by atoms with Gasteiger partial charge in [-0.1, -0.05) is 81.2 Å². The molecule has 2 nitrogen and oxygen atoms in total. The van der Waals surface area contributed by atoms with Crippen molar-refractivity contribution in [2.24, 2.45) is 0 Å². The number of hydrogen-bond donors (Lipinski definition) is 0. The van der Waals surface area contributed by atoms with Gasteiger partial charge in [-0.15, -0.1) is 0 Å². The number of nitriles is 1. The van der Waals surface area contributed by atoms with Crippen LogP contribution >= 0.6 is 81.2 Å². The molecule has 0 spiro atoms. The molecule has 9 heteroatoms. The van der Waals surface area contributed by atoms with Crippen LogP contribution in [0.15, 0.2) is 6.20 Å². The van der Waals surface area contributed by atoms with E-state index in [1.54, 1.807) is 0 Å². The highest BCUT2D eigenvalue weighted by Crippen LogP contribution is 2.49. The Morgan fingerprint density at radius 3 is 1.82 bits per heavy atom. The largest absolute Gasteiger partial charge is 0.253 e. The number of pyridine rings is 1. The third-order valence-corrected chi connectivity index (χ3v) is 5.78. The summed E-state index contributed by atoms with van der Waals surface area (Å²) in [6, 6.07) is 1.97.